The van der Waals surface area contributed by atoms with Crippen molar-refractivity contribution in [1.82, 2.24) is 19.5 Å². The minimum atomic E-state index is -0.344. The van der Waals surface area contributed by atoms with E-state index in [0.717, 1.165) is 18.4 Å². The van der Waals surface area contributed by atoms with Crippen LogP contribution in [-0.4, -0.2) is 31.2 Å². The van der Waals surface area contributed by atoms with Crippen molar-refractivity contribution in [3.05, 3.63) is 28.8 Å². The van der Waals surface area contributed by atoms with Crippen molar-refractivity contribution in [3.63, 3.8) is 0 Å². The Morgan fingerprint density at radius 1 is 1.58 bits per heavy atom. The van der Waals surface area contributed by atoms with Crippen LogP contribution in [0.2, 0.25) is 0 Å². The van der Waals surface area contributed by atoms with Crippen LogP contribution in [0.1, 0.15) is 18.9 Å². The smallest absolute Gasteiger partial charge is 0.280 e. The molecule has 1 unspecified atom stereocenters. The highest BCUT2D eigenvalue weighted by atomic mass is 16.3. The standard InChI is InChI=1S/C12H15N5O2/c1-6-7(4-18)2-3-8(6)17-5-14-9-10(17)15-12(13)16-11(9)19/h5,7-8,18H,1-4H2,(H3,13,15,16,19)/t7-,8?/m0/s1. The number of nitrogens with two attached hydrogens (primary N) is 1. The number of aromatic amines is 1. The fourth-order valence-electron chi connectivity index (χ4n) is 2.70. The molecule has 4 N–H and O–H groups in total. The summed E-state index contributed by atoms with van der Waals surface area (Å²) in [6, 6.07) is 0.0100. The van der Waals surface area contributed by atoms with Gasteiger partial charge in [0.05, 0.1) is 12.4 Å². The van der Waals surface area contributed by atoms with Gasteiger partial charge in [0.25, 0.3) is 5.56 Å². The monoisotopic (exact) mass is 261 g/mol. The number of rotatable bonds is 2. The maximum Gasteiger partial charge on any atom is 0.280 e. The van der Waals surface area contributed by atoms with Crippen molar-refractivity contribution in [3.8, 4) is 0 Å². The normalized spacial score (nSPS) is 23.3. The number of fused-ring (bicyclic) bond motifs is 1. The number of anilines is 1. The molecule has 1 fully saturated rings. The second-order valence-electron chi connectivity index (χ2n) is 4.82. The number of aliphatic hydroxyl groups is 1. The molecule has 2 atom stereocenters. The number of hydrogen-bond acceptors (Lipinski definition) is 5. The first kappa shape index (κ1) is 11.9. The van der Waals surface area contributed by atoms with E-state index >= 15 is 0 Å². The molecule has 7 heteroatoms. The van der Waals surface area contributed by atoms with Crippen LogP contribution in [0.4, 0.5) is 5.95 Å². The van der Waals surface area contributed by atoms with Crippen LogP contribution in [0.3, 0.4) is 0 Å². The van der Waals surface area contributed by atoms with E-state index in [1.807, 2.05) is 4.57 Å². The predicted octanol–water partition coefficient (Wildman–Crippen LogP) is 0.201. The summed E-state index contributed by atoms with van der Waals surface area (Å²) in [5.74, 6) is 0.170. The average Bonchev–Trinajstić information content (AvgIpc) is 2.92. The zero-order chi connectivity index (χ0) is 13.6. The van der Waals surface area contributed by atoms with E-state index in [2.05, 4.69) is 21.5 Å². The number of hydrogen-bond donors (Lipinski definition) is 3. The lowest BCUT2D eigenvalue weighted by Crippen LogP contribution is -2.14. The van der Waals surface area contributed by atoms with Crippen LogP contribution in [0.5, 0.6) is 0 Å². The molecule has 3 rings (SSSR count). The summed E-state index contributed by atoms with van der Waals surface area (Å²) in [5.41, 5.74) is 6.91. The van der Waals surface area contributed by atoms with E-state index in [9.17, 15) is 9.90 Å². The van der Waals surface area contributed by atoms with Crippen LogP contribution in [0.15, 0.2) is 23.3 Å². The van der Waals surface area contributed by atoms with Crippen molar-refractivity contribution in [2.45, 2.75) is 18.9 Å². The third kappa shape index (κ3) is 1.74. The number of nitrogens with zero attached hydrogens (tertiary/aromatic N) is 3. The Morgan fingerprint density at radius 3 is 3.05 bits per heavy atom. The predicted molar refractivity (Wildman–Crippen MR) is 70.5 cm³/mol. The largest absolute Gasteiger partial charge is 0.396 e. The Labute approximate surface area is 108 Å². The molecule has 1 saturated carbocycles. The molecule has 1 aliphatic rings. The fourth-order valence-corrected chi connectivity index (χ4v) is 2.70. The second-order valence-corrected chi connectivity index (χ2v) is 4.82. The molecular formula is C12H15N5O2. The van der Waals surface area contributed by atoms with Crippen LogP contribution >= 0.6 is 0 Å². The van der Waals surface area contributed by atoms with E-state index in [-0.39, 0.29) is 35.6 Å². The first-order valence-corrected chi connectivity index (χ1v) is 6.13. The Hall–Kier alpha value is -2.15. The molecule has 100 valence electrons. The lowest BCUT2D eigenvalue weighted by atomic mass is 10.0. The molecule has 0 radical (unpaired) electrons. The van der Waals surface area contributed by atoms with Gasteiger partial charge in [-0.2, -0.15) is 4.98 Å². The number of imidazole rings is 1. The zero-order valence-electron chi connectivity index (χ0n) is 10.3. The van der Waals surface area contributed by atoms with Crippen LogP contribution in [0, 0.1) is 5.92 Å². The zero-order valence-corrected chi connectivity index (χ0v) is 10.3. The summed E-state index contributed by atoms with van der Waals surface area (Å²) in [6.07, 6.45) is 3.31. The summed E-state index contributed by atoms with van der Waals surface area (Å²) in [4.78, 5) is 22.4. The number of aromatic nitrogens is 4. The van der Waals surface area contributed by atoms with Gasteiger partial charge in [0.2, 0.25) is 5.95 Å². The highest BCUT2D eigenvalue weighted by Gasteiger charge is 2.30. The third-order valence-corrected chi connectivity index (χ3v) is 3.75. The van der Waals surface area contributed by atoms with E-state index < -0.39 is 0 Å². The summed E-state index contributed by atoms with van der Waals surface area (Å²) in [6.45, 7) is 4.14. The van der Waals surface area contributed by atoms with Gasteiger partial charge in [0.1, 0.15) is 0 Å². The van der Waals surface area contributed by atoms with Gasteiger partial charge in [-0.15, -0.1) is 0 Å². The Bertz CT molecular complexity index is 702. The maximum absolute atomic E-state index is 11.7. The molecule has 0 spiro atoms. The molecule has 0 aromatic carbocycles. The van der Waals surface area contributed by atoms with E-state index in [1.165, 1.54) is 0 Å². The SMILES string of the molecule is C=C1C(n2cnc3c(=O)[nH]c(N)nc32)CC[C@H]1CO. The Morgan fingerprint density at radius 2 is 2.37 bits per heavy atom. The molecule has 0 aliphatic heterocycles. The minimum Gasteiger partial charge on any atom is -0.396 e. The topological polar surface area (TPSA) is 110 Å². The van der Waals surface area contributed by atoms with E-state index in [4.69, 9.17) is 5.73 Å². The molecule has 19 heavy (non-hydrogen) atoms. The highest BCUT2D eigenvalue weighted by molar-refractivity contribution is 5.70. The molecule has 0 saturated heterocycles. The van der Waals surface area contributed by atoms with Crippen molar-refractivity contribution >= 4 is 17.1 Å². The van der Waals surface area contributed by atoms with E-state index in [1.54, 1.807) is 6.33 Å². The number of H-pyrrole nitrogens is 1. The molecule has 0 bridgehead atoms. The quantitative estimate of drug-likeness (QED) is 0.669. The Kier molecular flexibility index (Phi) is 2.63. The minimum absolute atomic E-state index is 0.0100. The van der Waals surface area contributed by atoms with Crippen molar-refractivity contribution in [1.29, 1.82) is 0 Å². The van der Waals surface area contributed by atoms with Gasteiger partial charge < -0.3 is 15.4 Å². The lowest BCUT2D eigenvalue weighted by molar-refractivity contribution is 0.249. The molecule has 2 heterocycles. The lowest BCUT2D eigenvalue weighted by Gasteiger charge is -2.15. The summed E-state index contributed by atoms with van der Waals surface area (Å²) in [7, 11) is 0. The van der Waals surface area contributed by atoms with Crippen molar-refractivity contribution < 1.29 is 5.11 Å². The molecule has 2 aromatic rings. The molecule has 2 aromatic heterocycles. The van der Waals surface area contributed by atoms with Crippen LogP contribution < -0.4 is 11.3 Å². The number of aliphatic hydroxyl groups excluding tert-OH is 1. The van der Waals surface area contributed by atoms with Gasteiger partial charge in [-0.25, -0.2) is 4.98 Å². The first-order chi connectivity index (χ1) is 9.11. The summed E-state index contributed by atoms with van der Waals surface area (Å²) >= 11 is 0. The summed E-state index contributed by atoms with van der Waals surface area (Å²) in [5, 5.41) is 9.28. The van der Waals surface area contributed by atoms with Crippen LogP contribution in [-0.2, 0) is 0 Å². The number of nitrogens with one attached hydrogen (secondary N) is 1. The fraction of sp³-hybridized carbons (Fsp3) is 0.417. The second kappa shape index (κ2) is 4.20. The van der Waals surface area contributed by atoms with E-state index in [0.29, 0.717) is 5.65 Å². The summed E-state index contributed by atoms with van der Waals surface area (Å²) < 4.78 is 1.82. The first-order valence-electron chi connectivity index (χ1n) is 6.13. The van der Waals surface area contributed by atoms with Crippen LogP contribution in [0.25, 0.3) is 11.2 Å². The molecule has 1 aliphatic carbocycles. The molecule has 7 nitrogen and oxygen atoms in total. The van der Waals surface area contributed by atoms with Gasteiger partial charge in [-0.3, -0.25) is 9.78 Å². The van der Waals surface area contributed by atoms with Crippen molar-refractivity contribution in [2.24, 2.45) is 5.92 Å². The molecular weight excluding hydrogens is 246 g/mol. The van der Waals surface area contributed by atoms with Crippen molar-refractivity contribution in [2.75, 3.05) is 12.3 Å². The van der Waals surface area contributed by atoms with Gasteiger partial charge in [0, 0.05) is 12.5 Å². The van der Waals surface area contributed by atoms with Gasteiger partial charge in [-0.05, 0) is 18.4 Å². The third-order valence-electron chi connectivity index (χ3n) is 3.75. The number of nitrogen functional groups attached to an aromatic ring is 1. The molecule has 0 amide bonds. The maximum atomic E-state index is 11.7. The highest BCUT2D eigenvalue weighted by Crippen LogP contribution is 2.39. The Balaban J connectivity index is 2.12. The van der Waals surface area contributed by atoms with Gasteiger partial charge in [0.15, 0.2) is 11.2 Å². The average molecular weight is 261 g/mol. The van der Waals surface area contributed by atoms with Gasteiger partial charge >= 0.3 is 0 Å². The van der Waals surface area contributed by atoms with Gasteiger partial charge in [-0.1, -0.05) is 6.58 Å².